The molecule has 0 aromatic carbocycles. The molecule has 0 saturated carbocycles. The molecular formula is C11H16N4O3. The molecule has 2 heterocycles. The Labute approximate surface area is 104 Å². The van der Waals surface area contributed by atoms with Crippen LogP contribution < -0.4 is 10.6 Å². The van der Waals surface area contributed by atoms with E-state index in [0.717, 1.165) is 13.0 Å². The highest BCUT2D eigenvalue weighted by atomic mass is 16.4. The van der Waals surface area contributed by atoms with Gasteiger partial charge in [0, 0.05) is 24.9 Å². The number of carboxylic acids is 1. The van der Waals surface area contributed by atoms with Crippen LogP contribution in [0.15, 0.2) is 12.5 Å². The first-order valence-corrected chi connectivity index (χ1v) is 5.88. The predicted octanol–water partition coefficient (Wildman–Crippen LogP) is -0.869. The number of aliphatic carboxylic acids is 1. The molecule has 0 radical (unpaired) electrons. The fraction of sp³-hybridized carbons (Fsp3) is 0.545. The topological polar surface area (TPSA) is 107 Å². The van der Waals surface area contributed by atoms with Gasteiger partial charge in [-0.3, -0.25) is 4.79 Å². The number of carboxylic acid groups (broad SMARTS) is 1. The molecule has 7 nitrogen and oxygen atoms in total. The van der Waals surface area contributed by atoms with Gasteiger partial charge in [0.2, 0.25) is 5.91 Å². The first kappa shape index (κ1) is 12.6. The number of amides is 1. The van der Waals surface area contributed by atoms with Crippen molar-refractivity contribution in [1.29, 1.82) is 0 Å². The van der Waals surface area contributed by atoms with Gasteiger partial charge in [0.05, 0.1) is 12.2 Å². The first-order chi connectivity index (χ1) is 8.66. The second kappa shape index (κ2) is 5.63. The van der Waals surface area contributed by atoms with Gasteiger partial charge < -0.3 is 20.7 Å². The number of nitrogens with zero attached hydrogens (tertiary/aromatic N) is 1. The summed E-state index contributed by atoms with van der Waals surface area (Å²) in [6.07, 6.45) is 4.00. The molecule has 1 saturated heterocycles. The molecule has 0 aliphatic carbocycles. The van der Waals surface area contributed by atoms with Crippen LogP contribution in [0.3, 0.4) is 0 Å². The molecule has 4 N–H and O–H groups in total. The summed E-state index contributed by atoms with van der Waals surface area (Å²) in [7, 11) is 0. The second-order valence-corrected chi connectivity index (χ2v) is 4.37. The number of carbonyl (C=O) groups excluding carboxylic acids is 1. The van der Waals surface area contributed by atoms with Crippen LogP contribution in [0.4, 0.5) is 0 Å². The Balaban J connectivity index is 1.93. The van der Waals surface area contributed by atoms with Crippen molar-refractivity contribution in [3.8, 4) is 0 Å². The number of hydrogen-bond donors (Lipinski definition) is 4. The number of nitrogens with one attached hydrogen (secondary N) is 3. The van der Waals surface area contributed by atoms with Crippen molar-refractivity contribution in [2.24, 2.45) is 5.92 Å². The predicted molar refractivity (Wildman–Crippen MR) is 62.8 cm³/mol. The minimum absolute atomic E-state index is 0.131. The molecule has 1 aromatic heterocycles. The van der Waals surface area contributed by atoms with Gasteiger partial charge in [-0.1, -0.05) is 0 Å². The van der Waals surface area contributed by atoms with Crippen LogP contribution in [0.5, 0.6) is 0 Å². The maximum absolute atomic E-state index is 11.8. The minimum Gasteiger partial charge on any atom is -0.480 e. The maximum atomic E-state index is 11.8. The van der Waals surface area contributed by atoms with Gasteiger partial charge in [0.25, 0.3) is 0 Å². The summed E-state index contributed by atoms with van der Waals surface area (Å²) in [4.78, 5) is 29.6. The van der Waals surface area contributed by atoms with Crippen molar-refractivity contribution in [2.45, 2.75) is 18.9 Å². The van der Waals surface area contributed by atoms with Gasteiger partial charge in [0.1, 0.15) is 6.04 Å². The lowest BCUT2D eigenvalue weighted by molar-refractivity contribution is -0.142. The van der Waals surface area contributed by atoms with Gasteiger partial charge in [-0.15, -0.1) is 0 Å². The number of rotatable bonds is 5. The lowest BCUT2D eigenvalue weighted by Gasteiger charge is -2.16. The molecule has 18 heavy (non-hydrogen) atoms. The van der Waals surface area contributed by atoms with Crippen LogP contribution in [0, 0.1) is 5.92 Å². The summed E-state index contributed by atoms with van der Waals surface area (Å²) in [5, 5.41) is 14.7. The number of hydrogen-bond acceptors (Lipinski definition) is 4. The average Bonchev–Trinajstić information content (AvgIpc) is 3.00. The standard InChI is InChI=1S/C11H16N4O3/c16-10(7-1-2-12-4-7)15-9(11(17)18)3-8-5-13-6-14-8/h5-7,9,12H,1-4H2,(H,13,14)(H,15,16)(H,17,18)/t7?,9-/m0/s1. The Morgan fingerprint density at radius 1 is 1.61 bits per heavy atom. The highest BCUT2D eigenvalue weighted by Gasteiger charge is 2.27. The number of H-pyrrole nitrogens is 1. The molecule has 1 aromatic rings. The van der Waals surface area contributed by atoms with Gasteiger partial charge >= 0.3 is 5.97 Å². The second-order valence-electron chi connectivity index (χ2n) is 4.37. The van der Waals surface area contributed by atoms with Crippen LogP contribution in [-0.4, -0.2) is 46.1 Å². The van der Waals surface area contributed by atoms with Crippen molar-refractivity contribution < 1.29 is 14.7 Å². The van der Waals surface area contributed by atoms with Crippen LogP contribution >= 0.6 is 0 Å². The highest BCUT2D eigenvalue weighted by Crippen LogP contribution is 2.08. The van der Waals surface area contributed by atoms with E-state index in [9.17, 15) is 9.59 Å². The smallest absolute Gasteiger partial charge is 0.326 e. The normalized spacial score (nSPS) is 20.6. The molecule has 0 spiro atoms. The minimum atomic E-state index is -1.04. The summed E-state index contributed by atoms with van der Waals surface area (Å²) < 4.78 is 0. The van der Waals surface area contributed by atoms with Gasteiger partial charge in [-0.05, 0) is 13.0 Å². The van der Waals surface area contributed by atoms with E-state index in [2.05, 4.69) is 20.6 Å². The Hall–Kier alpha value is -1.89. The molecule has 1 amide bonds. The Kier molecular flexibility index (Phi) is 3.93. The van der Waals surface area contributed by atoms with Crippen LogP contribution in [-0.2, 0) is 16.0 Å². The molecule has 1 aliphatic heterocycles. The number of aromatic nitrogens is 2. The monoisotopic (exact) mass is 252 g/mol. The number of carbonyl (C=O) groups is 2. The lowest BCUT2D eigenvalue weighted by Crippen LogP contribution is -2.45. The van der Waals surface area contributed by atoms with Crippen LogP contribution in [0.1, 0.15) is 12.1 Å². The van der Waals surface area contributed by atoms with Crippen molar-refractivity contribution in [3.63, 3.8) is 0 Å². The third-order valence-electron chi connectivity index (χ3n) is 3.02. The lowest BCUT2D eigenvalue weighted by atomic mass is 10.1. The fourth-order valence-corrected chi connectivity index (χ4v) is 1.98. The first-order valence-electron chi connectivity index (χ1n) is 5.88. The number of imidazole rings is 1. The Bertz CT molecular complexity index is 412. The Morgan fingerprint density at radius 3 is 3.00 bits per heavy atom. The van der Waals surface area contributed by atoms with E-state index in [0.29, 0.717) is 12.2 Å². The molecule has 1 aliphatic rings. The van der Waals surface area contributed by atoms with Gasteiger partial charge in [0.15, 0.2) is 0 Å². The zero-order valence-corrected chi connectivity index (χ0v) is 9.85. The zero-order chi connectivity index (χ0) is 13.0. The van der Waals surface area contributed by atoms with Crippen molar-refractivity contribution in [3.05, 3.63) is 18.2 Å². The summed E-state index contributed by atoms with van der Waals surface area (Å²) in [5.41, 5.74) is 0.687. The summed E-state index contributed by atoms with van der Waals surface area (Å²) in [6.45, 7) is 1.42. The molecular weight excluding hydrogens is 236 g/mol. The third-order valence-corrected chi connectivity index (χ3v) is 3.02. The molecule has 1 unspecified atom stereocenters. The molecule has 98 valence electrons. The van der Waals surface area contributed by atoms with E-state index in [-0.39, 0.29) is 18.2 Å². The van der Waals surface area contributed by atoms with Crippen molar-refractivity contribution in [1.82, 2.24) is 20.6 Å². The van der Waals surface area contributed by atoms with E-state index in [1.54, 1.807) is 6.20 Å². The zero-order valence-electron chi connectivity index (χ0n) is 9.85. The fourth-order valence-electron chi connectivity index (χ4n) is 1.98. The van der Waals surface area contributed by atoms with Crippen LogP contribution in [0.25, 0.3) is 0 Å². The van der Waals surface area contributed by atoms with E-state index >= 15 is 0 Å². The number of aromatic amines is 1. The van der Waals surface area contributed by atoms with E-state index in [1.165, 1.54) is 6.33 Å². The average molecular weight is 252 g/mol. The molecule has 1 fully saturated rings. The van der Waals surface area contributed by atoms with Crippen molar-refractivity contribution in [2.75, 3.05) is 13.1 Å². The SMILES string of the molecule is O=C(N[C@@H](Cc1cnc[nH]1)C(=O)O)C1CCNC1. The third kappa shape index (κ3) is 3.07. The van der Waals surface area contributed by atoms with E-state index in [4.69, 9.17) is 5.11 Å². The van der Waals surface area contributed by atoms with Crippen LogP contribution in [0.2, 0.25) is 0 Å². The van der Waals surface area contributed by atoms with Gasteiger partial charge in [-0.25, -0.2) is 9.78 Å². The summed E-state index contributed by atoms with van der Waals surface area (Å²) in [6, 6.07) is -0.918. The van der Waals surface area contributed by atoms with Crippen molar-refractivity contribution >= 4 is 11.9 Å². The molecule has 7 heteroatoms. The van der Waals surface area contributed by atoms with Gasteiger partial charge in [-0.2, -0.15) is 0 Å². The largest absolute Gasteiger partial charge is 0.480 e. The van der Waals surface area contributed by atoms with E-state index < -0.39 is 12.0 Å². The molecule has 0 bridgehead atoms. The molecule has 2 atom stereocenters. The maximum Gasteiger partial charge on any atom is 0.326 e. The summed E-state index contributed by atoms with van der Waals surface area (Å²) >= 11 is 0. The van der Waals surface area contributed by atoms with E-state index in [1.807, 2.05) is 0 Å². The highest BCUT2D eigenvalue weighted by molar-refractivity contribution is 5.85. The molecule has 2 rings (SSSR count). The quantitative estimate of drug-likeness (QED) is 0.545. The summed E-state index contributed by atoms with van der Waals surface area (Å²) in [5.74, 6) is -1.37. The Morgan fingerprint density at radius 2 is 2.44 bits per heavy atom.